The first-order chi connectivity index (χ1) is 28.6. The van der Waals surface area contributed by atoms with Crippen molar-refractivity contribution in [2.24, 2.45) is 0 Å². The lowest BCUT2D eigenvalue weighted by Gasteiger charge is -2.18. The molecule has 0 aliphatic rings. The summed E-state index contributed by atoms with van der Waals surface area (Å²) in [6.45, 7) is 7.17. The van der Waals surface area contributed by atoms with Gasteiger partial charge < -0.3 is 14.2 Å². The van der Waals surface area contributed by atoms with Crippen molar-refractivity contribution in [3.8, 4) is 0 Å². The van der Waals surface area contributed by atoms with Crippen molar-refractivity contribution in [1.29, 1.82) is 0 Å². The van der Waals surface area contributed by atoms with Crippen LogP contribution in [0.25, 0.3) is 0 Å². The number of allylic oxidation sites excluding steroid dienone is 21. The van der Waals surface area contributed by atoms with E-state index in [9.17, 15) is 9.59 Å². The summed E-state index contributed by atoms with van der Waals surface area (Å²) in [4.78, 5) is 25.2. The van der Waals surface area contributed by atoms with E-state index < -0.39 is 6.10 Å². The van der Waals surface area contributed by atoms with E-state index in [2.05, 4.69) is 154 Å². The minimum atomic E-state index is -0.611. The first kappa shape index (κ1) is 54.0. The molecule has 0 rings (SSSR count). The molecule has 58 heavy (non-hydrogen) atoms. The lowest BCUT2D eigenvalue weighted by atomic mass is 10.1. The first-order valence-corrected chi connectivity index (χ1v) is 22.7. The van der Waals surface area contributed by atoms with E-state index >= 15 is 0 Å². The lowest BCUT2D eigenvalue weighted by molar-refractivity contribution is -0.162. The van der Waals surface area contributed by atoms with Crippen molar-refractivity contribution in [2.45, 2.75) is 168 Å². The second-order valence-corrected chi connectivity index (χ2v) is 14.2. The summed E-state index contributed by atoms with van der Waals surface area (Å²) >= 11 is 0. The molecule has 0 bridgehead atoms. The van der Waals surface area contributed by atoms with Crippen LogP contribution in [0.5, 0.6) is 0 Å². The molecule has 0 aliphatic carbocycles. The summed E-state index contributed by atoms with van der Waals surface area (Å²) in [5.74, 6) is -0.522. The molecule has 0 fully saturated rings. The minimum Gasteiger partial charge on any atom is -0.462 e. The van der Waals surface area contributed by atoms with Gasteiger partial charge >= 0.3 is 11.9 Å². The molecule has 0 aromatic carbocycles. The van der Waals surface area contributed by atoms with E-state index in [1.807, 2.05) is 0 Å². The van der Waals surface area contributed by atoms with Gasteiger partial charge in [0.25, 0.3) is 0 Å². The van der Waals surface area contributed by atoms with Crippen molar-refractivity contribution in [2.75, 3.05) is 19.8 Å². The van der Waals surface area contributed by atoms with Gasteiger partial charge in [-0.25, -0.2) is 0 Å². The number of hydrogen-bond donors (Lipinski definition) is 0. The van der Waals surface area contributed by atoms with Crippen LogP contribution < -0.4 is 0 Å². The predicted molar refractivity (Wildman–Crippen MR) is 251 cm³/mol. The van der Waals surface area contributed by atoms with Crippen LogP contribution in [0.1, 0.15) is 162 Å². The fourth-order valence-corrected chi connectivity index (χ4v) is 5.42. The van der Waals surface area contributed by atoms with Crippen LogP contribution in [0, 0.1) is 0 Å². The van der Waals surface area contributed by atoms with Gasteiger partial charge in [-0.2, -0.15) is 0 Å². The van der Waals surface area contributed by atoms with Crippen molar-refractivity contribution in [3.63, 3.8) is 0 Å². The van der Waals surface area contributed by atoms with Gasteiger partial charge in [0.15, 0.2) is 6.10 Å². The van der Waals surface area contributed by atoms with Crippen molar-refractivity contribution in [3.05, 3.63) is 134 Å². The van der Waals surface area contributed by atoms with E-state index in [0.29, 0.717) is 19.4 Å². The highest BCUT2D eigenvalue weighted by atomic mass is 16.6. The summed E-state index contributed by atoms with van der Waals surface area (Å²) in [5, 5.41) is 0. The smallest absolute Gasteiger partial charge is 0.306 e. The molecule has 0 N–H and O–H groups in total. The SMILES string of the molecule is CC/C=C\C/C=C\C/C=C\C/C=C\C/C=C\CCOCC(COC(=O)CCCCC/C=C\C/C=C\C/C=C\CC)OC(=O)CCCCC/C=C\C/C=C\C/C=C\CC. The molecule has 0 saturated carbocycles. The normalized spacial score (nSPS) is 13.5. The summed E-state index contributed by atoms with van der Waals surface area (Å²) in [6.07, 6.45) is 67.6. The molecule has 5 nitrogen and oxygen atoms in total. The molecule has 5 heteroatoms. The predicted octanol–water partition coefficient (Wildman–Crippen LogP) is 15.2. The van der Waals surface area contributed by atoms with Crippen LogP contribution in [-0.4, -0.2) is 37.9 Å². The average molecular weight is 799 g/mol. The molecule has 0 spiro atoms. The zero-order valence-electron chi connectivity index (χ0n) is 37.0. The quantitative estimate of drug-likeness (QED) is 0.0352. The zero-order valence-corrected chi connectivity index (χ0v) is 37.0. The Morgan fingerprint density at radius 2 is 0.724 bits per heavy atom. The third-order valence-electron chi connectivity index (χ3n) is 8.68. The average Bonchev–Trinajstić information content (AvgIpc) is 3.22. The topological polar surface area (TPSA) is 61.8 Å². The number of esters is 2. The Morgan fingerprint density at radius 3 is 1.12 bits per heavy atom. The molecule has 0 aliphatic heterocycles. The molecule has 0 aromatic heterocycles. The fraction of sp³-hybridized carbons (Fsp3) is 0.547. The Bertz CT molecular complexity index is 1270. The molecule has 0 aromatic rings. The van der Waals surface area contributed by atoms with Gasteiger partial charge in [0.05, 0.1) is 13.2 Å². The molecule has 0 heterocycles. The van der Waals surface area contributed by atoms with Gasteiger partial charge in [-0.3, -0.25) is 9.59 Å². The van der Waals surface area contributed by atoms with Gasteiger partial charge in [-0.05, 0) is 116 Å². The Kier molecular flexibility index (Phi) is 44.2. The Labute approximate surface area is 356 Å². The van der Waals surface area contributed by atoms with E-state index in [1.165, 1.54) is 0 Å². The number of rotatable bonds is 39. The molecule has 0 amide bonds. The van der Waals surface area contributed by atoms with Crippen molar-refractivity contribution in [1.82, 2.24) is 0 Å². The third kappa shape index (κ3) is 44.8. The molecular formula is C53H82O5. The Morgan fingerprint density at radius 1 is 0.379 bits per heavy atom. The molecule has 1 atom stereocenters. The minimum absolute atomic E-state index is 0.0187. The van der Waals surface area contributed by atoms with Crippen LogP contribution >= 0.6 is 0 Å². The van der Waals surface area contributed by atoms with Crippen LogP contribution in [0.15, 0.2) is 134 Å². The van der Waals surface area contributed by atoms with Crippen LogP contribution in [0.3, 0.4) is 0 Å². The number of carbonyl (C=O) groups is 2. The standard InChI is InChI=1S/C53H82O5/c1-4-7-10-13-16-19-22-25-26-27-30-33-36-39-42-45-48-56-49-51(58-53(55)47-44-41-38-35-32-29-24-21-18-15-12-9-6-3)50-57-52(54)46-43-40-37-34-31-28-23-20-17-14-11-8-5-2/h7-12,16-21,25-26,28-33,39,42,51H,4-6,13-15,22-24,27,34-38,40-41,43-50H2,1-3H3/b10-7-,11-8-,12-9-,19-16-,20-17-,21-18-,26-25-,31-28-,32-29-,33-30-,42-39-. The van der Waals surface area contributed by atoms with E-state index in [-0.39, 0.29) is 25.2 Å². The maximum absolute atomic E-state index is 12.7. The summed E-state index contributed by atoms with van der Waals surface area (Å²) in [5.41, 5.74) is 0. The molecular weight excluding hydrogens is 717 g/mol. The number of hydrogen-bond acceptors (Lipinski definition) is 5. The number of ether oxygens (including phenoxy) is 3. The molecule has 0 saturated heterocycles. The second kappa shape index (κ2) is 47.4. The third-order valence-corrected chi connectivity index (χ3v) is 8.68. The van der Waals surface area contributed by atoms with E-state index in [4.69, 9.17) is 14.2 Å². The summed E-state index contributed by atoms with van der Waals surface area (Å²) in [6, 6.07) is 0. The van der Waals surface area contributed by atoms with Crippen LogP contribution in [0.2, 0.25) is 0 Å². The highest BCUT2D eigenvalue weighted by Gasteiger charge is 2.17. The monoisotopic (exact) mass is 799 g/mol. The lowest BCUT2D eigenvalue weighted by Crippen LogP contribution is -2.30. The Hall–Kier alpha value is -3.96. The van der Waals surface area contributed by atoms with Crippen LogP contribution in [-0.2, 0) is 23.8 Å². The first-order valence-electron chi connectivity index (χ1n) is 22.7. The fourth-order valence-electron chi connectivity index (χ4n) is 5.42. The maximum Gasteiger partial charge on any atom is 0.306 e. The molecule has 1 unspecified atom stereocenters. The van der Waals surface area contributed by atoms with Gasteiger partial charge in [-0.1, -0.05) is 167 Å². The van der Waals surface area contributed by atoms with Crippen LogP contribution in [0.4, 0.5) is 0 Å². The highest BCUT2D eigenvalue weighted by Crippen LogP contribution is 2.10. The summed E-state index contributed by atoms with van der Waals surface area (Å²) < 4.78 is 17.2. The largest absolute Gasteiger partial charge is 0.462 e. The van der Waals surface area contributed by atoms with Crippen molar-refractivity contribution >= 4 is 11.9 Å². The maximum atomic E-state index is 12.7. The van der Waals surface area contributed by atoms with E-state index in [1.54, 1.807) is 0 Å². The van der Waals surface area contributed by atoms with Gasteiger partial charge in [0, 0.05) is 12.8 Å². The van der Waals surface area contributed by atoms with Gasteiger partial charge in [0.2, 0.25) is 0 Å². The second-order valence-electron chi connectivity index (χ2n) is 14.2. The van der Waals surface area contributed by atoms with Crippen molar-refractivity contribution < 1.29 is 23.8 Å². The Balaban J connectivity index is 4.52. The summed E-state index contributed by atoms with van der Waals surface area (Å²) in [7, 11) is 0. The molecule has 324 valence electrons. The van der Waals surface area contributed by atoms with E-state index in [0.717, 1.165) is 128 Å². The van der Waals surface area contributed by atoms with Gasteiger partial charge in [-0.15, -0.1) is 0 Å². The number of unbranched alkanes of at least 4 members (excludes halogenated alkanes) is 6. The number of carbonyl (C=O) groups excluding carboxylic acids is 2. The molecule has 0 radical (unpaired) electrons. The highest BCUT2D eigenvalue weighted by molar-refractivity contribution is 5.70. The van der Waals surface area contributed by atoms with Gasteiger partial charge in [0.1, 0.15) is 6.61 Å². The zero-order chi connectivity index (χ0) is 42.1.